The summed E-state index contributed by atoms with van der Waals surface area (Å²) in [6.07, 6.45) is 1.51. The van der Waals surface area contributed by atoms with Gasteiger partial charge in [0.25, 0.3) is 5.91 Å². The zero-order chi connectivity index (χ0) is 15.8. The molecule has 0 bridgehead atoms. The van der Waals surface area contributed by atoms with E-state index >= 15 is 0 Å². The average Bonchev–Trinajstić information content (AvgIpc) is 3.21. The smallest absolute Gasteiger partial charge is 0.259 e. The summed E-state index contributed by atoms with van der Waals surface area (Å²) in [5.41, 5.74) is 3.72. The fraction of sp³-hybridized carbons (Fsp3) is 0.222. The second-order valence-electron chi connectivity index (χ2n) is 5.56. The van der Waals surface area contributed by atoms with Crippen molar-refractivity contribution in [3.63, 3.8) is 0 Å². The van der Waals surface area contributed by atoms with Crippen molar-refractivity contribution in [2.24, 2.45) is 0 Å². The highest BCUT2D eigenvalue weighted by atomic mass is 16.5. The summed E-state index contributed by atoms with van der Waals surface area (Å²) in [7, 11) is 0. The van der Waals surface area contributed by atoms with Gasteiger partial charge in [-0.25, -0.2) is 0 Å². The lowest BCUT2D eigenvalue weighted by molar-refractivity contribution is 0.102. The Labute approximate surface area is 133 Å². The molecular weight excluding hydrogens is 292 g/mol. The molecule has 0 atom stereocenters. The second kappa shape index (κ2) is 5.33. The Bertz CT molecular complexity index is 803. The van der Waals surface area contributed by atoms with Crippen molar-refractivity contribution in [3.05, 3.63) is 52.6 Å². The highest BCUT2D eigenvalue weighted by molar-refractivity contribution is 6.08. The molecule has 2 aliphatic rings. The summed E-state index contributed by atoms with van der Waals surface area (Å²) >= 11 is 0. The third kappa shape index (κ3) is 2.29. The second-order valence-corrected chi connectivity index (χ2v) is 5.56. The molecule has 4 rings (SSSR count). The lowest BCUT2D eigenvalue weighted by Gasteiger charge is -2.13. The molecule has 23 heavy (non-hydrogen) atoms. The van der Waals surface area contributed by atoms with Gasteiger partial charge < -0.3 is 14.8 Å². The summed E-state index contributed by atoms with van der Waals surface area (Å²) in [5.74, 6) is 1.27. The van der Waals surface area contributed by atoms with Gasteiger partial charge in [-0.05, 0) is 30.3 Å². The van der Waals surface area contributed by atoms with Gasteiger partial charge in [0.1, 0.15) is 11.5 Å². The topological polar surface area (TPSA) is 71.4 Å². The van der Waals surface area contributed by atoms with E-state index in [0.717, 1.165) is 23.3 Å². The van der Waals surface area contributed by atoms with Crippen molar-refractivity contribution in [2.45, 2.75) is 12.8 Å². The van der Waals surface area contributed by atoms with Crippen LogP contribution in [-0.4, -0.2) is 19.1 Å². The van der Waals surface area contributed by atoms with Crippen molar-refractivity contribution < 1.29 is 14.3 Å². The van der Waals surface area contributed by atoms with E-state index in [1.165, 1.54) is 0 Å². The van der Waals surface area contributed by atoms with Gasteiger partial charge in [-0.3, -0.25) is 4.79 Å². The van der Waals surface area contributed by atoms with Crippen LogP contribution in [0.5, 0.6) is 11.5 Å². The highest BCUT2D eigenvalue weighted by Gasteiger charge is 2.30. The lowest BCUT2D eigenvalue weighted by atomic mass is 9.99. The molecule has 2 aromatic carbocycles. The molecule has 0 unspecified atom stereocenters. The van der Waals surface area contributed by atoms with Gasteiger partial charge in [-0.15, -0.1) is 0 Å². The first-order valence-corrected chi connectivity index (χ1v) is 7.52. The van der Waals surface area contributed by atoms with Crippen molar-refractivity contribution in [2.75, 3.05) is 18.5 Å². The predicted molar refractivity (Wildman–Crippen MR) is 84.0 cm³/mol. The van der Waals surface area contributed by atoms with Crippen LogP contribution in [0, 0.1) is 11.3 Å². The Hall–Kier alpha value is -3.00. The molecule has 5 nitrogen and oxygen atoms in total. The zero-order valence-electron chi connectivity index (χ0n) is 12.4. The molecule has 2 aliphatic heterocycles. The maximum absolute atomic E-state index is 12.8. The predicted octanol–water partition coefficient (Wildman–Crippen LogP) is 2.68. The maximum atomic E-state index is 12.8. The van der Waals surface area contributed by atoms with Crippen molar-refractivity contribution in [1.29, 1.82) is 5.26 Å². The number of carbonyl (C=O) groups excluding carboxylic acids is 1. The molecule has 0 saturated heterocycles. The fourth-order valence-corrected chi connectivity index (χ4v) is 3.05. The highest BCUT2D eigenvalue weighted by Crippen LogP contribution is 2.40. The number of nitriles is 1. The quantitative estimate of drug-likeness (QED) is 0.926. The Kier molecular flexibility index (Phi) is 3.16. The van der Waals surface area contributed by atoms with Crippen LogP contribution in [0.15, 0.2) is 30.3 Å². The fourth-order valence-electron chi connectivity index (χ4n) is 3.05. The number of amides is 1. The maximum Gasteiger partial charge on any atom is 0.259 e. The minimum atomic E-state index is -0.199. The Morgan fingerprint density at radius 1 is 1.13 bits per heavy atom. The van der Waals surface area contributed by atoms with Gasteiger partial charge in [-0.1, -0.05) is 0 Å². The van der Waals surface area contributed by atoms with Crippen LogP contribution in [0.2, 0.25) is 0 Å². The van der Waals surface area contributed by atoms with Crippen LogP contribution in [-0.2, 0) is 12.8 Å². The molecule has 1 amide bonds. The molecule has 0 radical (unpaired) electrons. The SMILES string of the molecule is N#Cc1ccc(NC(=O)c2c3c(cc4c2OCC4)OCC3)cc1. The molecule has 2 aromatic rings. The van der Waals surface area contributed by atoms with E-state index in [9.17, 15) is 4.79 Å². The number of ether oxygens (including phenoxy) is 2. The molecule has 0 fully saturated rings. The molecule has 1 N–H and O–H groups in total. The van der Waals surface area contributed by atoms with Gasteiger partial charge in [0, 0.05) is 29.7 Å². The van der Waals surface area contributed by atoms with Crippen molar-refractivity contribution >= 4 is 11.6 Å². The number of nitrogens with zero attached hydrogens (tertiary/aromatic N) is 1. The summed E-state index contributed by atoms with van der Waals surface area (Å²) in [6.45, 7) is 1.19. The third-order valence-corrected chi connectivity index (χ3v) is 4.15. The van der Waals surface area contributed by atoms with Crippen LogP contribution in [0.1, 0.15) is 27.0 Å². The van der Waals surface area contributed by atoms with Gasteiger partial charge in [-0.2, -0.15) is 5.26 Å². The van der Waals surface area contributed by atoms with E-state index < -0.39 is 0 Å². The number of carbonyl (C=O) groups is 1. The first-order valence-electron chi connectivity index (χ1n) is 7.52. The van der Waals surface area contributed by atoms with Gasteiger partial charge in [0.15, 0.2) is 0 Å². The number of rotatable bonds is 2. The monoisotopic (exact) mass is 306 g/mol. The van der Waals surface area contributed by atoms with Crippen LogP contribution in [0.3, 0.4) is 0 Å². The normalized spacial score (nSPS) is 14.2. The summed E-state index contributed by atoms with van der Waals surface area (Å²) in [4.78, 5) is 12.8. The largest absolute Gasteiger partial charge is 0.493 e. The number of fused-ring (bicyclic) bond motifs is 2. The van der Waals surface area contributed by atoms with Gasteiger partial charge >= 0.3 is 0 Å². The molecule has 0 aliphatic carbocycles. The molecule has 5 heteroatoms. The van der Waals surface area contributed by atoms with E-state index in [4.69, 9.17) is 14.7 Å². The van der Waals surface area contributed by atoms with Crippen molar-refractivity contribution in [1.82, 2.24) is 0 Å². The van der Waals surface area contributed by atoms with Gasteiger partial charge in [0.2, 0.25) is 0 Å². The number of hydrogen-bond acceptors (Lipinski definition) is 4. The summed E-state index contributed by atoms with van der Waals surface area (Å²) in [6, 6.07) is 10.8. The number of anilines is 1. The Morgan fingerprint density at radius 2 is 1.91 bits per heavy atom. The minimum absolute atomic E-state index is 0.199. The summed E-state index contributed by atoms with van der Waals surface area (Å²) in [5, 5.41) is 11.7. The zero-order valence-corrected chi connectivity index (χ0v) is 12.4. The van der Waals surface area contributed by atoms with Gasteiger partial charge in [0.05, 0.1) is 30.4 Å². The Balaban J connectivity index is 1.70. The molecule has 0 spiro atoms. The van der Waals surface area contributed by atoms with Crippen LogP contribution < -0.4 is 14.8 Å². The molecule has 0 saturated carbocycles. The lowest BCUT2D eigenvalue weighted by Crippen LogP contribution is -2.15. The number of benzene rings is 2. The third-order valence-electron chi connectivity index (χ3n) is 4.15. The number of hydrogen-bond donors (Lipinski definition) is 1. The summed E-state index contributed by atoms with van der Waals surface area (Å²) < 4.78 is 11.3. The van der Waals surface area contributed by atoms with Crippen LogP contribution in [0.4, 0.5) is 5.69 Å². The minimum Gasteiger partial charge on any atom is -0.493 e. The van der Waals surface area contributed by atoms with Crippen molar-refractivity contribution in [3.8, 4) is 17.6 Å². The van der Waals surface area contributed by atoms with E-state index in [2.05, 4.69) is 11.4 Å². The number of nitrogens with one attached hydrogen (secondary N) is 1. The van der Waals surface area contributed by atoms with E-state index in [-0.39, 0.29) is 5.91 Å². The van der Waals surface area contributed by atoms with E-state index in [1.54, 1.807) is 24.3 Å². The average molecular weight is 306 g/mol. The molecular formula is C18H14N2O3. The molecule has 2 heterocycles. The first-order chi connectivity index (χ1) is 11.3. The standard InChI is InChI=1S/C18H14N2O3/c19-10-11-1-3-13(4-2-11)20-18(21)16-14-6-8-22-15(14)9-12-5-7-23-17(12)16/h1-4,9H,5-8H2,(H,20,21). The molecule has 114 valence electrons. The van der Waals surface area contributed by atoms with E-state index in [1.807, 2.05) is 6.07 Å². The Morgan fingerprint density at radius 3 is 2.70 bits per heavy atom. The van der Waals surface area contributed by atoms with Crippen LogP contribution in [0.25, 0.3) is 0 Å². The van der Waals surface area contributed by atoms with E-state index in [0.29, 0.717) is 42.2 Å². The first kappa shape index (κ1) is 13.6. The molecule has 0 aromatic heterocycles. The van der Waals surface area contributed by atoms with Crippen LogP contribution >= 0.6 is 0 Å².